The van der Waals surface area contributed by atoms with Crippen LogP contribution in [0.1, 0.15) is 27.2 Å². The van der Waals surface area contributed by atoms with Gasteiger partial charge in [0.15, 0.2) is 0 Å². The maximum absolute atomic E-state index is 10.6. The molecule has 2 N–H and O–H groups in total. The minimum Gasteiger partial charge on any atom is -0.252 e. The average molecular weight is 149 g/mol. The zero-order chi connectivity index (χ0) is 7.44. The quantitative estimate of drug-likeness (QED) is 0.640. The summed E-state index contributed by atoms with van der Waals surface area (Å²) in [7, 11) is -1.13. The fraction of sp³-hybridized carbons (Fsp3) is 1.00. The Morgan fingerprint density at radius 2 is 1.89 bits per heavy atom. The van der Waals surface area contributed by atoms with E-state index in [1.165, 1.54) is 0 Å². The van der Waals surface area contributed by atoms with E-state index in [4.69, 9.17) is 5.14 Å². The fourth-order valence-electron chi connectivity index (χ4n) is 0.759. The molecule has 0 rings (SSSR count). The molecule has 0 fully saturated rings. The highest BCUT2D eigenvalue weighted by atomic mass is 32.2. The monoisotopic (exact) mass is 149 g/mol. The lowest BCUT2D eigenvalue weighted by atomic mass is 10.1. The van der Waals surface area contributed by atoms with Crippen LogP contribution in [-0.2, 0) is 11.0 Å². The Morgan fingerprint density at radius 3 is 2.00 bits per heavy atom. The van der Waals surface area contributed by atoms with Crippen molar-refractivity contribution in [2.24, 2.45) is 11.1 Å². The van der Waals surface area contributed by atoms with Crippen molar-refractivity contribution >= 4 is 11.0 Å². The van der Waals surface area contributed by atoms with Gasteiger partial charge in [0.25, 0.3) is 0 Å². The first-order valence-electron chi connectivity index (χ1n) is 3.19. The van der Waals surface area contributed by atoms with E-state index in [9.17, 15) is 4.21 Å². The summed E-state index contributed by atoms with van der Waals surface area (Å²) >= 11 is 0. The molecular formula is C6H15NOS. The van der Waals surface area contributed by atoms with Gasteiger partial charge in [0, 0.05) is 5.25 Å². The average Bonchev–Trinajstić information content (AvgIpc) is 1.63. The van der Waals surface area contributed by atoms with Gasteiger partial charge < -0.3 is 0 Å². The van der Waals surface area contributed by atoms with Crippen LogP contribution in [0.4, 0.5) is 0 Å². The van der Waals surface area contributed by atoms with E-state index < -0.39 is 11.0 Å². The van der Waals surface area contributed by atoms with E-state index in [1.807, 2.05) is 6.92 Å². The van der Waals surface area contributed by atoms with Crippen LogP contribution < -0.4 is 5.14 Å². The summed E-state index contributed by atoms with van der Waals surface area (Å²) in [5, 5.41) is 5.30. The van der Waals surface area contributed by atoms with Crippen LogP contribution >= 0.6 is 0 Å². The minimum atomic E-state index is -1.13. The molecule has 0 saturated carbocycles. The predicted molar refractivity (Wildman–Crippen MR) is 41.2 cm³/mol. The lowest BCUT2D eigenvalue weighted by molar-refractivity contribution is 0.571. The molecule has 0 amide bonds. The zero-order valence-electron chi connectivity index (χ0n) is 6.26. The summed E-state index contributed by atoms with van der Waals surface area (Å²) in [5.74, 6) is 0.590. The molecule has 0 aliphatic carbocycles. The summed E-state index contributed by atoms with van der Waals surface area (Å²) in [4.78, 5) is 0. The van der Waals surface area contributed by atoms with Crippen molar-refractivity contribution in [1.29, 1.82) is 0 Å². The van der Waals surface area contributed by atoms with Crippen molar-refractivity contribution in [2.75, 3.05) is 0 Å². The van der Waals surface area contributed by atoms with Crippen LogP contribution in [0.5, 0.6) is 0 Å². The molecule has 0 radical (unpaired) electrons. The van der Waals surface area contributed by atoms with E-state index >= 15 is 0 Å². The maximum Gasteiger partial charge on any atom is 0.0916 e. The Labute approximate surface area is 59.4 Å². The summed E-state index contributed by atoms with van der Waals surface area (Å²) in [6.07, 6.45) is 0.948. The highest BCUT2D eigenvalue weighted by Gasteiger charge is 2.07. The molecule has 2 nitrogen and oxygen atoms in total. The Morgan fingerprint density at radius 1 is 1.44 bits per heavy atom. The van der Waals surface area contributed by atoms with Gasteiger partial charge in [0.1, 0.15) is 0 Å². The highest BCUT2D eigenvalue weighted by Crippen LogP contribution is 2.06. The summed E-state index contributed by atoms with van der Waals surface area (Å²) in [6.45, 7) is 6.11. The minimum absolute atomic E-state index is 0.144. The van der Waals surface area contributed by atoms with Gasteiger partial charge >= 0.3 is 0 Å². The molecule has 56 valence electrons. The van der Waals surface area contributed by atoms with Gasteiger partial charge in [-0.3, -0.25) is 5.14 Å². The SMILES string of the molecule is CC(C)CC(C)S(N)=O. The fourth-order valence-corrected chi connectivity index (χ4v) is 1.33. The standard InChI is InChI=1S/C6H15NOS/c1-5(2)4-6(3)9(7)8/h5-6H,4,7H2,1-3H3. The summed E-state index contributed by atoms with van der Waals surface area (Å²) in [6, 6.07) is 0. The summed E-state index contributed by atoms with van der Waals surface area (Å²) < 4.78 is 10.6. The largest absolute Gasteiger partial charge is 0.252 e. The van der Waals surface area contributed by atoms with Crippen LogP contribution in [0.3, 0.4) is 0 Å². The summed E-state index contributed by atoms with van der Waals surface area (Å²) in [5.41, 5.74) is 0. The second-order valence-electron chi connectivity index (χ2n) is 2.77. The Bertz CT molecular complexity index is 103. The van der Waals surface area contributed by atoms with E-state index in [0.29, 0.717) is 5.92 Å². The van der Waals surface area contributed by atoms with Crippen molar-refractivity contribution in [3.8, 4) is 0 Å². The molecule has 0 heterocycles. The lowest BCUT2D eigenvalue weighted by Gasteiger charge is -2.09. The van der Waals surface area contributed by atoms with Gasteiger partial charge in [-0.05, 0) is 19.3 Å². The first-order chi connectivity index (χ1) is 4.04. The van der Waals surface area contributed by atoms with Crippen molar-refractivity contribution in [3.63, 3.8) is 0 Å². The first-order valence-corrected chi connectivity index (χ1v) is 4.46. The lowest BCUT2D eigenvalue weighted by Crippen LogP contribution is -2.19. The van der Waals surface area contributed by atoms with Crippen LogP contribution in [0.25, 0.3) is 0 Å². The van der Waals surface area contributed by atoms with Gasteiger partial charge in [0.05, 0.1) is 11.0 Å². The van der Waals surface area contributed by atoms with Gasteiger partial charge in [-0.25, -0.2) is 4.21 Å². The van der Waals surface area contributed by atoms with Crippen LogP contribution in [0, 0.1) is 5.92 Å². The van der Waals surface area contributed by atoms with Crippen LogP contribution in [-0.4, -0.2) is 9.46 Å². The van der Waals surface area contributed by atoms with E-state index in [2.05, 4.69) is 13.8 Å². The van der Waals surface area contributed by atoms with E-state index in [0.717, 1.165) is 6.42 Å². The third-order valence-corrected chi connectivity index (χ3v) is 2.19. The molecule has 3 heteroatoms. The highest BCUT2D eigenvalue weighted by molar-refractivity contribution is 7.83. The molecule has 0 saturated heterocycles. The Kier molecular flexibility index (Phi) is 4.06. The number of rotatable bonds is 3. The van der Waals surface area contributed by atoms with Crippen LogP contribution in [0.15, 0.2) is 0 Å². The van der Waals surface area contributed by atoms with Gasteiger partial charge in [0.2, 0.25) is 0 Å². The Balaban J connectivity index is 3.50. The molecule has 0 aliphatic rings. The van der Waals surface area contributed by atoms with Crippen LogP contribution in [0.2, 0.25) is 0 Å². The third-order valence-electron chi connectivity index (χ3n) is 1.20. The first kappa shape index (κ1) is 9.11. The van der Waals surface area contributed by atoms with Crippen molar-refractivity contribution in [3.05, 3.63) is 0 Å². The van der Waals surface area contributed by atoms with Gasteiger partial charge in [-0.2, -0.15) is 0 Å². The Hall–Kier alpha value is 0.110. The molecule has 0 spiro atoms. The predicted octanol–water partition coefficient (Wildman–Crippen LogP) is 1.04. The molecule has 0 aromatic heterocycles. The van der Waals surface area contributed by atoms with E-state index in [1.54, 1.807) is 0 Å². The smallest absolute Gasteiger partial charge is 0.0916 e. The molecule has 0 aromatic rings. The normalized spacial score (nSPS) is 17.9. The zero-order valence-corrected chi connectivity index (χ0v) is 7.07. The molecule has 0 aliphatic heterocycles. The maximum atomic E-state index is 10.6. The molecule has 2 atom stereocenters. The third kappa shape index (κ3) is 4.60. The number of nitrogens with two attached hydrogens (primary N) is 1. The number of hydrogen-bond acceptors (Lipinski definition) is 1. The topological polar surface area (TPSA) is 43.1 Å². The second kappa shape index (κ2) is 4.01. The van der Waals surface area contributed by atoms with Gasteiger partial charge in [-0.1, -0.05) is 13.8 Å². The number of hydrogen-bond donors (Lipinski definition) is 1. The second-order valence-corrected chi connectivity index (χ2v) is 4.23. The van der Waals surface area contributed by atoms with E-state index in [-0.39, 0.29) is 5.25 Å². The van der Waals surface area contributed by atoms with Crippen molar-refractivity contribution < 1.29 is 4.21 Å². The molecule has 9 heavy (non-hydrogen) atoms. The molecular weight excluding hydrogens is 134 g/mol. The molecule has 0 bridgehead atoms. The van der Waals surface area contributed by atoms with Crippen molar-refractivity contribution in [1.82, 2.24) is 0 Å². The van der Waals surface area contributed by atoms with Crippen molar-refractivity contribution in [2.45, 2.75) is 32.4 Å². The molecule has 0 aromatic carbocycles. The van der Waals surface area contributed by atoms with Gasteiger partial charge in [-0.15, -0.1) is 0 Å². The molecule has 2 unspecified atom stereocenters.